The number of esters is 1. The minimum absolute atomic E-state index is 0.116. The molecule has 1 aromatic carbocycles. The lowest BCUT2D eigenvalue weighted by Crippen LogP contribution is -2.07. The third-order valence-corrected chi connectivity index (χ3v) is 2.92. The van der Waals surface area contributed by atoms with Crippen molar-refractivity contribution in [2.24, 2.45) is 0 Å². The van der Waals surface area contributed by atoms with E-state index in [9.17, 15) is 4.79 Å². The van der Waals surface area contributed by atoms with Gasteiger partial charge in [-0.3, -0.25) is 4.68 Å². The number of hydrogen-bond donors (Lipinski definition) is 1. The molecule has 5 nitrogen and oxygen atoms in total. The van der Waals surface area contributed by atoms with Gasteiger partial charge in [0.05, 0.1) is 11.3 Å². The van der Waals surface area contributed by atoms with Gasteiger partial charge in [0.2, 0.25) is 0 Å². The number of benzene rings is 1. The first kappa shape index (κ1) is 14.4. The van der Waals surface area contributed by atoms with Crippen LogP contribution >= 0.6 is 11.6 Å². The zero-order valence-corrected chi connectivity index (χ0v) is 12.1. The Kier molecular flexibility index (Phi) is 4.29. The number of ether oxygens (including phenoxy) is 1. The van der Waals surface area contributed by atoms with E-state index < -0.39 is 5.97 Å². The Bertz CT molecular complexity index is 602. The summed E-state index contributed by atoms with van der Waals surface area (Å²) < 4.78 is 6.99. The molecule has 0 fully saturated rings. The zero-order valence-electron chi connectivity index (χ0n) is 11.3. The van der Waals surface area contributed by atoms with Gasteiger partial charge in [-0.05, 0) is 38.1 Å². The molecule has 0 unspecified atom stereocenters. The SMILES string of the molecule is CC(C)n1ccc(COC(=O)c2cc(N)cc(Cl)c2)n1. The Morgan fingerprint density at radius 2 is 2.20 bits per heavy atom. The fourth-order valence-electron chi connectivity index (χ4n) is 1.69. The molecule has 0 saturated carbocycles. The van der Waals surface area contributed by atoms with Crippen molar-refractivity contribution in [3.05, 3.63) is 46.7 Å². The first-order valence-corrected chi connectivity index (χ1v) is 6.60. The van der Waals surface area contributed by atoms with Crippen molar-refractivity contribution in [1.82, 2.24) is 9.78 Å². The molecule has 0 aliphatic carbocycles. The van der Waals surface area contributed by atoms with Gasteiger partial charge < -0.3 is 10.5 Å². The summed E-state index contributed by atoms with van der Waals surface area (Å²) in [7, 11) is 0. The summed E-state index contributed by atoms with van der Waals surface area (Å²) in [5.41, 5.74) is 7.09. The van der Waals surface area contributed by atoms with Crippen molar-refractivity contribution in [2.75, 3.05) is 5.73 Å². The first-order chi connectivity index (χ1) is 9.45. The quantitative estimate of drug-likeness (QED) is 0.695. The second-order valence-electron chi connectivity index (χ2n) is 4.73. The van der Waals surface area contributed by atoms with Crippen LogP contribution in [0.25, 0.3) is 0 Å². The van der Waals surface area contributed by atoms with Crippen LogP contribution in [0.4, 0.5) is 5.69 Å². The Balaban J connectivity index is 2.00. The molecule has 2 rings (SSSR count). The van der Waals surface area contributed by atoms with Crippen LogP contribution < -0.4 is 5.73 Å². The molecular formula is C14H16ClN3O2. The summed E-state index contributed by atoms with van der Waals surface area (Å²) in [5, 5.41) is 4.70. The van der Waals surface area contributed by atoms with E-state index in [-0.39, 0.29) is 12.6 Å². The van der Waals surface area contributed by atoms with Crippen molar-refractivity contribution in [3.63, 3.8) is 0 Å². The summed E-state index contributed by atoms with van der Waals surface area (Å²) in [5.74, 6) is -0.474. The maximum atomic E-state index is 11.9. The van der Waals surface area contributed by atoms with E-state index in [1.165, 1.54) is 12.1 Å². The van der Waals surface area contributed by atoms with Gasteiger partial charge in [0, 0.05) is 22.9 Å². The van der Waals surface area contributed by atoms with E-state index in [0.717, 1.165) is 0 Å². The molecule has 0 atom stereocenters. The number of nitrogen functional groups attached to an aromatic ring is 1. The van der Waals surface area contributed by atoms with E-state index in [2.05, 4.69) is 5.10 Å². The smallest absolute Gasteiger partial charge is 0.338 e. The average Bonchev–Trinajstić information content (AvgIpc) is 2.83. The molecule has 1 heterocycles. The van der Waals surface area contributed by atoms with E-state index in [1.54, 1.807) is 10.7 Å². The summed E-state index contributed by atoms with van der Waals surface area (Å²) in [4.78, 5) is 11.9. The Hall–Kier alpha value is -2.01. The molecule has 20 heavy (non-hydrogen) atoms. The third-order valence-electron chi connectivity index (χ3n) is 2.70. The van der Waals surface area contributed by atoms with Crippen LogP contribution in [0.15, 0.2) is 30.5 Å². The lowest BCUT2D eigenvalue weighted by molar-refractivity contribution is 0.0467. The van der Waals surface area contributed by atoms with Crippen molar-refractivity contribution in [3.8, 4) is 0 Å². The summed E-state index contributed by atoms with van der Waals surface area (Å²) in [6, 6.07) is 6.71. The summed E-state index contributed by atoms with van der Waals surface area (Å²) in [6.07, 6.45) is 1.85. The second-order valence-corrected chi connectivity index (χ2v) is 5.17. The molecular weight excluding hydrogens is 278 g/mol. The minimum atomic E-state index is -0.474. The maximum Gasteiger partial charge on any atom is 0.338 e. The number of rotatable bonds is 4. The molecule has 2 aromatic rings. The van der Waals surface area contributed by atoms with Gasteiger partial charge in [-0.1, -0.05) is 11.6 Å². The van der Waals surface area contributed by atoms with Gasteiger partial charge in [-0.15, -0.1) is 0 Å². The monoisotopic (exact) mass is 293 g/mol. The highest BCUT2D eigenvalue weighted by molar-refractivity contribution is 6.31. The number of anilines is 1. The van der Waals surface area contributed by atoms with Crippen molar-refractivity contribution in [1.29, 1.82) is 0 Å². The summed E-state index contributed by atoms with van der Waals surface area (Å²) in [6.45, 7) is 4.17. The van der Waals surface area contributed by atoms with Crippen LogP contribution in [0.5, 0.6) is 0 Å². The zero-order chi connectivity index (χ0) is 14.7. The largest absolute Gasteiger partial charge is 0.456 e. The Labute approximate surface area is 122 Å². The molecule has 0 aliphatic rings. The van der Waals surface area contributed by atoms with Crippen LogP contribution in [0.1, 0.15) is 35.9 Å². The number of nitrogens with two attached hydrogens (primary N) is 1. The standard InChI is InChI=1S/C14H16ClN3O2/c1-9(2)18-4-3-13(17-18)8-20-14(19)10-5-11(15)7-12(16)6-10/h3-7,9H,8,16H2,1-2H3. The Morgan fingerprint density at radius 1 is 1.45 bits per heavy atom. The number of carbonyl (C=O) groups excluding carboxylic acids is 1. The van der Waals surface area contributed by atoms with E-state index in [1.807, 2.05) is 26.1 Å². The van der Waals surface area contributed by atoms with Crippen molar-refractivity contribution < 1.29 is 9.53 Å². The van der Waals surface area contributed by atoms with Crippen LogP contribution in [0.3, 0.4) is 0 Å². The lowest BCUT2D eigenvalue weighted by atomic mass is 10.2. The van der Waals surface area contributed by atoms with Crippen LogP contribution in [-0.2, 0) is 11.3 Å². The van der Waals surface area contributed by atoms with Gasteiger partial charge in [0.15, 0.2) is 0 Å². The highest BCUT2D eigenvalue weighted by Crippen LogP contribution is 2.17. The number of nitrogens with zero attached hydrogens (tertiary/aromatic N) is 2. The van der Waals surface area contributed by atoms with Crippen molar-refractivity contribution in [2.45, 2.75) is 26.5 Å². The molecule has 0 radical (unpaired) electrons. The minimum Gasteiger partial charge on any atom is -0.456 e. The van der Waals surface area contributed by atoms with Gasteiger partial charge in [-0.2, -0.15) is 5.10 Å². The fraction of sp³-hybridized carbons (Fsp3) is 0.286. The number of aromatic nitrogens is 2. The van der Waals surface area contributed by atoms with E-state index in [0.29, 0.717) is 22.0 Å². The molecule has 1 aromatic heterocycles. The highest BCUT2D eigenvalue weighted by Gasteiger charge is 2.10. The molecule has 2 N–H and O–H groups in total. The number of carbonyl (C=O) groups is 1. The van der Waals surface area contributed by atoms with Crippen molar-refractivity contribution >= 4 is 23.3 Å². The third kappa shape index (κ3) is 3.51. The number of halogens is 1. The Morgan fingerprint density at radius 3 is 2.80 bits per heavy atom. The fourth-order valence-corrected chi connectivity index (χ4v) is 1.94. The average molecular weight is 294 g/mol. The van der Waals surface area contributed by atoms with Crippen LogP contribution in [-0.4, -0.2) is 15.7 Å². The maximum absolute atomic E-state index is 11.9. The highest BCUT2D eigenvalue weighted by atomic mass is 35.5. The molecule has 0 aliphatic heterocycles. The second kappa shape index (κ2) is 5.96. The molecule has 0 bridgehead atoms. The first-order valence-electron chi connectivity index (χ1n) is 6.23. The normalized spacial score (nSPS) is 10.8. The predicted octanol–water partition coefficient (Wildman–Crippen LogP) is 3.06. The molecule has 0 spiro atoms. The predicted molar refractivity (Wildman–Crippen MR) is 77.6 cm³/mol. The van der Waals surface area contributed by atoms with E-state index >= 15 is 0 Å². The lowest BCUT2D eigenvalue weighted by Gasteiger charge is -2.06. The molecule has 6 heteroatoms. The van der Waals surface area contributed by atoms with Gasteiger partial charge >= 0.3 is 5.97 Å². The molecule has 0 saturated heterocycles. The van der Waals surface area contributed by atoms with Gasteiger partial charge in [0.25, 0.3) is 0 Å². The molecule has 106 valence electrons. The molecule has 0 amide bonds. The topological polar surface area (TPSA) is 70.1 Å². The summed E-state index contributed by atoms with van der Waals surface area (Å²) >= 11 is 5.85. The van der Waals surface area contributed by atoms with Gasteiger partial charge in [0.1, 0.15) is 6.61 Å². The van der Waals surface area contributed by atoms with Crippen LogP contribution in [0, 0.1) is 0 Å². The van der Waals surface area contributed by atoms with Gasteiger partial charge in [-0.25, -0.2) is 4.79 Å². The van der Waals surface area contributed by atoms with E-state index in [4.69, 9.17) is 22.1 Å². The van der Waals surface area contributed by atoms with Crippen LogP contribution in [0.2, 0.25) is 5.02 Å². The number of hydrogen-bond acceptors (Lipinski definition) is 4.